The summed E-state index contributed by atoms with van der Waals surface area (Å²) >= 11 is 5.93. The van der Waals surface area contributed by atoms with Crippen molar-refractivity contribution in [3.63, 3.8) is 0 Å². The zero-order valence-corrected chi connectivity index (χ0v) is 15.7. The molecule has 10 nitrogen and oxygen atoms in total. The van der Waals surface area contributed by atoms with Crippen molar-refractivity contribution in [2.75, 3.05) is 25.0 Å². The summed E-state index contributed by atoms with van der Waals surface area (Å²) in [5, 5.41) is 5.71. The van der Waals surface area contributed by atoms with Gasteiger partial charge in [0.05, 0.1) is 10.7 Å². The fourth-order valence-electron chi connectivity index (χ4n) is 2.47. The Kier molecular flexibility index (Phi) is 5.99. The maximum Gasteiger partial charge on any atom is 0.410 e. The van der Waals surface area contributed by atoms with Crippen LogP contribution in [0.1, 0.15) is 21.9 Å². The first-order valence-corrected chi connectivity index (χ1v) is 8.74. The Balaban J connectivity index is 1.66. The van der Waals surface area contributed by atoms with Crippen LogP contribution < -0.4 is 10.6 Å². The van der Waals surface area contributed by atoms with E-state index in [1.165, 1.54) is 17.3 Å². The molecule has 1 aliphatic heterocycles. The van der Waals surface area contributed by atoms with E-state index >= 15 is 0 Å². The molecule has 2 N–H and O–H groups in total. The van der Waals surface area contributed by atoms with E-state index in [1.54, 1.807) is 19.1 Å². The van der Waals surface area contributed by atoms with Crippen molar-refractivity contribution in [3.05, 3.63) is 46.6 Å². The van der Waals surface area contributed by atoms with Crippen molar-refractivity contribution in [1.29, 1.82) is 0 Å². The summed E-state index contributed by atoms with van der Waals surface area (Å²) in [4.78, 5) is 49.5. The minimum atomic E-state index is -0.665. The van der Waals surface area contributed by atoms with Crippen LogP contribution in [0.5, 0.6) is 0 Å². The molecule has 0 aliphatic carbocycles. The van der Waals surface area contributed by atoms with Crippen LogP contribution in [0.3, 0.4) is 0 Å². The number of anilines is 1. The average Bonchev–Trinajstić information content (AvgIpc) is 2.69. The number of aromatic nitrogens is 3. The smallest absolute Gasteiger partial charge is 0.410 e. The van der Waals surface area contributed by atoms with E-state index in [0.717, 1.165) is 0 Å². The Morgan fingerprint density at radius 3 is 2.86 bits per heavy atom. The van der Waals surface area contributed by atoms with Crippen LogP contribution in [-0.4, -0.2) is 57.4 Å². The number of amides is 3. The molecule has 0 bridgehead atoms. The lowest BCUT2D eigenvalue weighted by Crippen LogP contribution is -2.50. The molecule has 0 unspecified atom stereocenters. The van der Waals surface area contributed by atoms with Gasteiger partial charge in [0.2, 0.25) is 5.91 Å². The van der Waals surface area contributed by atoms with Gasteiger partial charge in [-0.25, -0.2) is 14.8 Å². The number of aryl methyl sites for hydroxylation is 1. The number of rotatable bonds is 4. The molecule has 3 rings (SSSR count). The van der Waals surface area contributed by atoms with Gasteiger partial charge in [0, 0.05) is 25.5 Å². The van der Waals surface area contributed by atoms with Gasteiger partial charge in [-0.15, -0.1) is 0 Å². The Bertz CT molecular complexity index is 922. The fourth-order valence-corrected chi connectivity index (χ4v) is 2.57. The number of hydrogen-bond donors (Lipinski definition) is 2. The first-order chi connectivity index (χ1) is 13.4. The van der Waals surface area contributed by atoms with Crippen molar-refractivity contribution < 1.29 is 19.1 Å². The van der Waals surface area contributed by atoms with E-state index in [-0.39, 0.29) is 30.4 Å². The molecule has 0 spiro atoms. The van der Waals surface area contributed by atoms with Crippen molar-refractivity contribution in [3.8, 4) is 0 Å². The topological polar surface area (TPSA) is 126 Å². The van der Waals surface area contributed by atoms with Crippen LogP contribution in [-0.2, 0) is 16.1 Å². The van der Waals surface area contributed by atoms with Gasteiger partial charge in [-0.1, -0.05) is 11.6 Å². The first-order valence-electron chi connectivity index (χ1n) is 8.37. The highest BCUT2D eigenvalue weighted by molar-refractivity contribution is 6.31. The maximum atomic E-state index is 12.5. The molecule has 1 fully saturated rings. The summed E-state index contributed by atoms with van der Waals surface area (Å²) in [6.07, 6.45) is 2.08. The van der Waals surface area contributed by atoms with E-state index in [4.69, 9.17) is 16.3 Å². The lowest BCUT2D eigenvalue weighted by molar-refractivity contribution is -0.123. The lowest BCUT2D eigenvalue weighted by atomic mass is 10.3. The SMILES string of the molecule is Cc1nc(NC(=O)c2nccnc2COC(=O)N2CCNC(=O)C2)ccc1Cl. The lowest BCUT2D eigenvalue weighted by Gasteiger charge is -2.25. The predicted molar refractivity (Wildman–Crippen MR) is 98.7 cm³/mol. The van der Waals surface area contributed by atoms with Gasteiger partial charge in [-0.2, -0.15) is 0 Å². The van der Waals surface area contributed by atoms with Crippen LogP contribution in [0.4, 0.5) is 10.6 Å². The third-order valence-corrected chi connectivity index (χ3v) is 4.28. The van der Waals surface area contributed by atoms with Gasteiger partial charge >= 0.3 is 6.09 Å². The van der Waals surface area contributed by atoms with Crippen LogP contribution in [0.2, 0.25) is 5.02 Å². The number of carbonyl (C=O) groups excluding carboxylic acids is 3. The Hall–Kier alpha value is -3.27. The van der Waals surface area contributed by atoms with Gasteiger partial charge in [-0.05, 0) is 19.1 Å². The van der Waals surface area contributed by atoms with E-state index in [2.05, 4.69) is 25.6 Å². The van der Waals surface area contributed by atoms with E-state index in [0.29, 0.717) is 29.6 Å². The van der Waals surface area contributed by atoms with Crippen LogP contribution >= 0.6 is 11.6 Å². The largest absolute Gasteiger partial charge is 0.443 e. The van der Waals surface area contributed by atoms with Crippen LogP contribution in [0.25, 0.3) is 0 Å². The zero-order chi connectivity index (χ0) is 20.1. The molecule has 0 atom stereocenters. The molecule has 0 saturated carbocycles. The molecule has 28 heavy (non-hydrogen) atoms. The van der Waals surface area contributed by atoms with Crippen LogP contribution in [0, 0.1) is 6.92 Å². The average molecular weight is 405 g/mol. The Morgan fingerprint density at radius 1 is 1.32 bits per heavy atom. The number of ether oxygens (including phenoxy) is 1. The number of piperazine rings is 1. The van der Waals surface area contributed by atoms with Gasteiger partial charge in [0.15, 0.2) is 5.69 Å². The molecule has 0 radical (unpaired) electrons. The van der Waals surface area contributed by atoms with E-state index in [9.17, 15) is 14.4 Å². The van der Waals surface area contributed by atoms with E-state index in [1.807, 2.05) is 0 Å². The molecular weight excluding hydrogens is 388 g/mol. The number of halogens is 1. The third kappa shape index (κ3) is 4.71. The molecule has 2 aromatic heterocycles. The Labute approximate surface area is 165 Å². The highest BCUT2D eigenvalue weighted by Gasteiger charge is 2.23. The van der Waals surface area contributed by atoms with Gasteiger partial charge in [-0.3, -0.25) is 19.5 Å². The molecule has 2 aromatic rings. The summed E-state index contributed by atoms with van der Waals surface area (Å²) in [5.74, 6) is -0.501. The summed E-state index contributed by atoms with van der Waals surface area (Å²) in [5.41, 5.74) is 0.750. The zero-order valence-electron chi connectivity index (χ0n) is 14.9. The minimum absolute atomic E-state index is 0.00101. The van der Waals surface area contributed by atoms with Crippen molar-refractivity contribution in [2.24, 2.45) is 0 Å². The molecule has 0 aromatic carbocycles. The molecule has 3 heterocycles. The quantitative estimate of drug-likeness (QED) is 0.782. The molecule has 3 amide bonds. The van der Waals surface area contributed by atoms with Gasteiger partial charge in [0.25, 0.3) is 5.91 Å². The summed E-state index contributed by atoms with van der Waals surface area (Å²) in [6, 6.07) is 3.18. The van der Waals surface area contributed by atoms with Crippen molar-refractivity contribution in [2.45, 2.75) is 13.5 Å². The highest BCUT2D eigenvalue weighted by Crippen LogP contribution is 2.16. The third-order valence-electron chi connectivity index (χ3n) is 3.88. The molecule has 11 heteroatoms. The number of hydrogen-bond acceptors (Lipinski definition) is 7. The normalized spacial score (nSPS) is 13.6. The van der Waals surface area contributed by atoms with E-state index < -0.39 is 12.0 Å². The molecule has 1 aliphatic rings. The second-order valence-corrected chi connectivity index (χ2v) is 6.30. The second-order valence-electron chi connectivity index (χ2n) is 5.90. The summed E-state index contributed by atoms with van der Waals surface area (Å²) in [7, 11) is 0. The first kappa shape index (κ1) is 19.5. The Morgan fingerprint density at radius 2 is 2.11 bits per heavy atom. The molecule has 1 saturated heterocycles. The monoisotopic (exact) mass is 404 g/mol. The fraction of sp³-hybridized carbons (Fsp3) is 0.294. The second kappa shape index (κ2) is 8.61. The standard InChI is InChI=1S/C17H17ClN6O4/c1-10-11(18)2-3-13(22-10)23-16(26)15-12(19-4-5-21-15)9-28-17(27)24-7-6-20-14(25)8-24/h2-5H,6-9H2,1H3,(H,20,25)(H,22,23,26). The molecule has 146 valence electrons. The summed E-state index contributed by atoms with van der Waals surface area (Å²) in [6.45, 7) is 2.08. The van der Waals surface area contributed by atoms with Gasteiger partial charge in [0.1, 0.15) is 24.7 Å². The van der Waals surface area contributed by atoms with Crippen molar-refractivity contribution >= 4 is 35.3 Å². The number of nitrogens with zero attached hydrogens (tertiary/aromatic N) is 4. The number of nitrogens with one attached hydrogen (secondary N) is 2. The summed E-state index contributed by atoms with van der Waals surface area (Å²) < 4.78 is 5.18. The van der Waals surface area contributed by atoms with Crippen LogP contribution in [0.15, 0.2) is 24.5 Å². The van der Waals surface area contributed by atoms with Crippen molar-refractivity contribution in [1.82, 2.24) is 25.2 Å². The molecular formula is C17H17ClN6O4. The maximum absolute atomic E-state index is 12.5. The predicted octanol–water partition coefficient (Wildman–Crippen LogP) is 1.15. The number of pyridine rings is 1. The number of carbonyl (C=O) groups is 3. The highest BCUT2D eigenvalue weighted by atomic mass is 35.5. The minimum Gasteiger partial charge on any atom is -0.443 e. The van der Waals surface area contributed by atoms with Gasteiger partial charge < -0.3 is 15.4 Å².